The number of amides is 1. The van der Waals surface area contributed by atoms with Crippen molar-refractivity contribution < 1.29 is 9.53 Å². The predicted octanol–water partition coefficient (Wildman–Crippen LogP) is 8.01. The number of nitrogens with zero attached hydrogens (tertiary/aromatic N) is 2. The molecule has 2 saturated heterocycles. The molecule has 2 aliphatic carbocycles. The summed E-state index contributed by atoms with van der Waals surface area (Å²) in [5, 5.41) is 0. The van der Waals surface area contributed by atoms with E-state index in [-0.39, 0.29) is 5.91 Å². The average Bonchev–Trinajstić information content (AvgIpc) is 3.74. The van der Waals surface area contributed by atoms with Crippen LogP contribution in [0.2, 0.25) is 0 Å². The van der Waals surface area contributed by atoms with Gasteiger partial charge in [0.15, 0.2) is 0 Å². The number of carbonyl (C=O) groups is 1. The number of thiocarbonyl (C=S) groups is 1. The second kappa shape index (κ2) is 12.5. The normalized spacial score (nSPS) is 26.3. The Morgan fingerprint density at radius 1 is 1.08 bits per heavy atom. The van der Waals surface area contributed by atoms with E-state index in [2.05, 4.69) is 29.2 Å². The molecule has 4 nitrogen and oxygen atoms in total. The van der Waals surface area contributed by atoms with Crippen molar-refractivity contribution in [2.24, 2.45) is 11.8 Å². The van der Waals surface area contributed by atoms with Gasteiger partial charge >= 0.3 is 0 Å². The topological polar surface area (TPSA) is 32.8 Å². The number of carbonyl (C=O) groups excluding carboxylic acids is 1. The number of piperidine rings is 1. The van der Waals surface area contributed by atoms with E-state index in [1.165, 1.54) is 110 Å². The van der Waals surface area contributed by atoms with Crippen molar-refractivity contribution in [1.29, 1.82) is 0 Å². The Balaban J connectivity index is 1.18. The molecule has 2 bridgehead atoms. The van der Waals surface area contributed by atoms with Gasteiger partial charge in [-0.3, -0.25) is 9.69 Å². The Morgan fingerprint density at radius 2 is 1.95 bits per heavy atom. The molecular weight excluding hydrogens is 541 g/mol. The van der Waals surface area contributed by atoms with Crippen LogP contribution in [0.4, 0.5) is 0 Å². The van der Waals surface area contributed by atoms with Gasteiger partial charge in [0.05, 0.1) is 12.0 Å². The van der Waals surface area contributed by atoms with E-state index in [1.54, 1.807) is 18.4 Å². The monoisotopic (exact) mass is 580 g/mol. The third-order valence-corrected chi connectivity index (χ3v) is 11.7. The van der Waals surface area contributed by atoms with E-state index in [9.17, 15) is 4.79 Å². The minimum absolute atomic E-state index is 0.131. The Hall–Kier alpha value is -1.67. The summed E-state index contributed by atoms with van der Waals surface area (Å²) in [7, 11) is 1.71. The number of thiophene rings is 1. The Labute approximate surface area is 247 Å². The molecule has 6 rings (SSSR count). The fourth-order valence-corrected chi connectivity index (χ4v) is 9.68. The number of hydrogen-bond donors (Lipinski definition) is 0. The number of hydrogen-bond acceptors (Lipinski definition) is 6. The zero-order valence-corrected chi connectivity index (χ0v) is 25.5. The summed E-state index contributed by atoms with van der Waals surface area (Å²) in [5.41, 5.74) is 2.51. The summed E-state index contributed by atoms with van der Waals surface area (Å²) in [6.45, 7) is 3.79. The fourth-order valence-electron chi connectivity index (χ4n) is 7.10. The van der Waals surface area contributed by atoms with Gasteiger partial charge in [0.25, 0.3) is 5.91 Å². The lowest BCUT2D eigenvalue weighted by molar-refractivity contribution is -0.124. The number of ether oxygens (including phenoxy) is 1. The number of methoxy groups -OCH3 is 1. The van der Waals surface area contributed by atoms with Crippen LogP contribution in [-0.4, -0.2) is 52.8 Å². The van der Waals surface area contributed by atoms with Crippen LogP contribution in [0, 0.1) is 11.8 Å². The Kier molecular flexibility index (Phi) is 8.78. The standard InChI is InChI=1S/C32H40N2O2S3/c1-36-26-11-8-10-24(19-26)28-20-25(9-4-2-5-14-33-15-6-3-7-16-33)29(38-28)21-30-31(35)34(32(37)39-30)27-18-22-12-13-23(27)17-22/h8,10-11,19-23,27H,2-7,9,12-18H2,1H3/b30-21-. The maximum atomic E-state index is 13.6. The van der Waals surface area contributed by atoms with Gasteiger partial charge in [-0.15, -0.1) is 11.3 Å². The van der Waals surface area contributed by atoms with Gasteiger partial charge in [-0.25, -0.2) is 0 Å². The van der Waals surface area contributed by atoms with Gasteiger partial charge in [-0.2, -0.15) is 0 Å². The van der Waals surface area contributed by atoms with E-state index in [4.69, 9.17) is 17.0 Å². The molecule has 1 aromatic carbocycles. The molecule has 3 unspecified atom stereocenters. The third-order valence-electron chi connectivity index (χ3n) is 9.18. The molecule has 3 heterocycles. The molecule has 1 aromatic heterocycles. The van der Waals surface area contributed by atoms with Gasteiger partial charge in [-0.05, 0) is 118 Å². The largest absolute Gasteiger partial charge is 0.497 e. The minimum Gasteiger partial charge on any atom is -0.497 e. The number of unbranched alkanes of at least 4 members (excludes halogenated alkanes) is 2. The average molecular weight is 581 g/mol. The first-order valence-corrected chi connectivity index (χ1v) is 16.9. The second-order valence-corrected chi connectivity index (χ2v) is 14.5. The van der Waals surface area contributed by atoms with Crippen molar-refractivity contribution in [3.8, 4) is 16.2 Å². The van der Waals surface area contributed by atoms with E-state index < -0.39 is 0 Å². The molecule has 3 atom stereocenters. The van der Waals surface area contributed by atoms with Crippen LogP contribution in [0.15, 0.2) is 35.2 Å². The van der Waals surface area contributed by atoms with Crippen LogP contribution in [0.25, 0.3) is 16.5 Å². The molecule has 7 heteroatoms. The quantitative estimate of drug-likeness (QED) is 0.161. The van der Waals surface area contributed by atoms with Crippen molar-refractivity contribution >= 4 is 51.6 Å². The number of thioether (sulfide) groups is 1. The SMILES string of the molecule is COc1cccc(-c2cc(CCCCCN3CCCCC3)c(/C=C3\SC(=S)N(C4CC5CCC4C5)C3=O)s2)c1. The number of rotatable bonds is 10. The summed E-state index contributed by atoms with van der Waals surface area (Å²) < 4.78 is 6.25. The van der Waals surface area contributed by atoms with Gasteiger partial charge < -0.3 is 9.64 Å². The van der Waals surface area contributed by atoms with Crippen LogP contribution in [0.3, 0.4) is 0 Å². The van der Waals surface area contributed by atoms with E-state index in [1.807, 2.05) is 17.0 Å². The van der Waals surface area contributed by atoms with Crippen LogP contribution < -0.4 is 4.74 Å². The van der Waals surface area contributed by atoms with Crippen LogP contribution in [0.1, 0.15) is 74.6 Å². The van der Waals surface area contributed by atoms with Gasteiger partial charge in [0, 0.05) is 15.8 Å². The molecule has 39 heavy (non-hydrogen) atoms. The first-order chi connectivity index (χ1) is 19.1. The molecule has 208 valence electrons. The highest BCUT2D eigenvalue weighted by Crippen LogP contribution is 2.49. The highest BCUT2D eigenvalue weighted by Gasteiger charge is 2.48. The highest BCUT2D eigenvalue weighted by atomic mass is 32.2. The van der Waals surface area contributed by atoms with E-state index in [0.29, 0.717) is 12.0 Å². The summed E-state index contributed by atoms with van der Waals surface area (Å²) in [6.07, 6.45) is 16.0. The smallest absolute Gasteiger partial charge is 0.266 e. The van der Waals surface area contributed by atoms with Crippen molar-refractivity contribution in [2.75, 3.05) is 26.7 Å². The number of likely N-dealkylation sites (tertiary alicyclic amines) is 1. The van der Waals surface area contributed by atoms with Crippen molar-refractivity contribution in [3.05, 3.63) is 45.7 Å². The molecule has 1 amide bonds. The van der Waals surface area contributed by atoms with Crippen molar-refractivity contribution in [2.45, 2.75) is 76.7 Å². The first-order valence-electron chi connectivity index (χ1n) is 14.9. The molecule has 2 aliphatic heterocycles. The van der Waals surface area contributed by atoms with Gasteiger partial charge in [-0.1, -0.05) is 55.4 Å². The zero-order valence-electron chi connectivity index (χ0n) is 23.0. The lowest BCUT2D eigenvalue weighted by Crippen LogP contribution is -2.41. The van der Waals surface area contributed by atoms with Crippen molar-refractivity contribution in [3.63, 3.8) is 0 Å². The Bertz CT molecular complexity index is 1230. The molecule has 0 radical (unpaired) electrons. The second-order valence-electron chi connectivity index (χ2n) is 11.7. The third kappa shape index (κ3) is 6.17. The molecular formula is C32H40N2O2S3. The molecule has 2 aromatic rings. The fraction of sp³-hybridized carbons (Fsp3) is 0.562. The summed E-state index contributed by atoms with van der Waals surface area (Å²) in [5.74, 6) is 2.43. The summed E-state index contributed by atoms with van der Waals surface area (Å²) in [4.78, 5) is 21.5. The zero-order chi connectivity index (χ0) is 26.8. The van der Waals surface area contributed by atoms with Crippen LogP contribution in [-0.2, 0) is 11.2 Å². The minimum atomic E-state index is 0.131. The van der Waals surface area contributed by atoms with Crippen molar-refractivity contribution in [1.82, 2.24) is 9.80 Å². The molecule has 0 N–H and O–H groups in total. The highest BCUT2D eigenvalue weighted by molar-refractivity contribution is 8.26. The predicted molar refractivity (Wildman–Crippen MR) is 168 cm³/mol. The lowest BCUT2D eigenvalue weighted by Gasteiger charge is -2.30. The lowest BCUT2D eigenvalue weighted by atomic mass is 9.94. The van der Waals surface area contributed by atoms with Crippen LogP contribution in [0.5, 0.6) is 5.75 Å². The van der Waals surface area contributed by atoms with E-state index >= 15 is 0 Å². The number of aryl methyl sites for hydroxylation is 1. The van der Waals surface area contributed by atoms with Crippen LogP contribution >= 0.6 is 35.3 Å². The van der Waals surface area contributed by atoms with Gasteiger partial charge in [0.2, 0.25) is 0 Å². The Morgan fingerprint density at radius 3 is 2.72 bits per heavy atom. The molecule has 0 spiro atoms. The first kappa shape index (κ1) is 27.5. The maximum Gasteiger partial charge on any atom is 0.266 e. The molecule has 4 fully saturated rings. The summed E-state index contributed by atoms with van der Waals surface area (Å²) >= 11 is 9.07. The molecule has 2 saturated carbocycles. The number of benzene rings is 1. The van der Waals surface area contributed by atoms with E-state index in [0.717, 1.165) is 33.7 Å². The number of fused-ring (bicyclic) bond motifs is 2. The van der Waals surface area contributed by atoms with Gasteiger partial charge in [0.1, 0.15) is 10.1 Å². The molecule has 4 aliphatic rings. The summed E-state index contributed by atoms with van der Waals surface area (Å²) in [6, 6.07) is 10.9. The maximum absolute atomic E-state index is 13.6.